The third-order valence-corrected chi connectivity index (χ3v) is 3.67. The smallest absolute Gasteiger partial charge is 0.270 e. The van der Waals surface area contributed by atoms with E-state index in [2.05, 4.69) is 22.9 Å². The van der Waals surface area contributed by atoms with Crippen molar-refractivity contribution in [2.45, 2.75) is 26.0 Å². The molecule has 0 aliphatic carbocycles. The molecule has 1 aromatic heterocycles. The van der Waals surface area contributed by atoms with Gasteiger partial charge in [-0.25, -0.2) is 0 Å². The van der Waals surface area contributed by atoms with Crippen LogP contribution >= 0.6 is 15.9 Å². The molecule has 2 heterocycles. The van der Waals surface area contributed by atoms with Gasteiger partial charge in [-0.2, -0.15) is 0 Å². The normalized spacial score (nSPS) is 19.7. The van der Waals surface area contributed by atoms with Gasteiger partial charge in [-0.3, -0.25) is 4.79 Å². The van der Waals surface area contributed by atoms with Gasteiger partial charge in [0.05, 0.1) is 12.7 Å². The molecule has 1 aliphatic rings. The Morgan fingerprint density at radius 2 is 2.42 bits per heavy atom. The molecule has 5 nitrogen and oxygen atoms in total. The molecule has 2 rings (SSSR count). The molecule has 1 saturated heterocycles. The maximum Gasteiger partial charge on any atom is 0.270 e. The number of rotatable bonds is 4. The third-order valence-electron chi connectivity index (χ3n) is 3.24. The van der Waals surface area contributed by atoms with Gasteiger partial charge in [0, 0.05) is 36.8 Å². The Bertz CT molecular complexity index is 447. The standard InChI is InChI=1S/C13H20BrN3O2/c1-2-3-16-8-10(14)6-12(16)13(18)17-4-5-19-11(7-15)9-17/h6,8,11H,2-5,7,9,15H2,1H3. The molecule has 2 N–H and O–H groups in total. The number of nitrogens with zero attached hydrogens (tertiary/aromatic N) is 2. The summed E-state index contributed by atoms with van der Waals surface area (Å²) >= 11 is 3.43. The van der Waals surface area contributed by atoms with Crippen LogP contribution in [0.25, 0.3) is 0 Å². The fraction of sp³-hybridized carbons (Fsp3) is 0.615. The third kappa shape index (κ3) is 3.38. The quantitative estimate of drug-likeness (QED) is 0.909. The topological polar surface area (TPSA) is 60.5 Å². The summed E-state index contributed by atoms with van der Waals surface area (Å²) in [6.07, 6.45) is 2.91. The molecule has 0 spiro atoms. The van der Waals surface area contributed by atoms with Crippen LogP contribution in [-0.4, -0.2) is 47.7 Å². The molecule has 1 amide bonds. The first-order valence-electron chi connectivity index (χ1n) is 6.62. The van der Waals surface area contributed by atoms with Crippen molar-refractivity contribution in [1.29, 1.82) is 0 Å². The Kier molecular flexibility index (Phi) is 5.01. The molecular formula is C13H20BrN3O2. The lowest BCUT2D eigenvalue weighted by Crippen LogP contribution is -2.48. The number of hydrogen-bond acceptors (Lipinski definition) is 3. The van der Waals surface area contributed by atoms with E-state index in [0.29, 0.717) is 26.2 Å². The number of amides is 1. The van der Waals surface area contributed by atoms with E-state index in [0.717, 1.165) is 23.1 Å². The van der Waals surface area contributed by atoms with Crippen LogP contribution in [0.5, 0.6) is 0 Å². The van der Waals surface area contributed by atoms with E-state index >= 15 is 0 Å². The highest BCUT2D eigenvalue weighted by Gasteiger charge is 2.26. The lowest BCUT2D eigenvalue weighted by Gasteiger charge is -2.32. The van der Waals surface area contributed by atoms with Crippen molar-refractivity contribution >= 4 is 21.8 Å². The predicted molar refractivity (Wildman–Crippen MR) is 77.1 cm³/mol. The van der Waals surface area contributed by atoms with Crippen LogP contribution in [0, 0.1) is 0 Å². The molecule has 1 unspecified atom stereocenters. The van der Waals surface area contributed by atoms with Gasteiger partial charge in [0.2, 0.25) is 0 Å². The van der Waals surface area contributed by atoms with Crippen molar-refractivity contribution in [3.05, 3.63) is 22.4 Å². The van der Waals surface area contributed by atoms with Gasteiger partial charge < -0.3 is 19.9 Å². The zero-order chi connectivity index (χ0) is 13.8. The van der Waals surface area contributed by atoms with E-state index in [1.54, 1.807) is 0 Å². The number of halogens is 1. The Balaban J connectivity index is 2.14. The van der Waals surface area contributed by atoms with Gasteiger partial charge in [-0.1, -0.05) is 6.92 Å². The van der Waals surface area contributed by atoms with Crippen LogP contribution in [0.3, 0.4) is 0 Å². The lowest BCUT2D eigenvalue weighted by atomic mass is 10.2. The van der Waals surface area contributed by atoms with E-state index < -0.39 is 0 Å². The molecular weight excluding hydrogens is 310 g/mol. The Hall–Kier alpha value is -0.850. The molecule has 0 aromatic carbocycles. The summed E-state index contributed by atoms with van der Waals surface area (Å²) in [6, 6.07) is 1.88. The molecule has 6 heteroatoms. The van der Waals surface area contributed by atoms with Crippen molar-refractivity contribution in [3.63, 3.8) is 0 Å². The summed E-state index contributed by atoms with van der Waals surface area (Å²) < 4.78 is 8.43. The van der Waals surface area contributed by atoms with Crippen LogP contribution in [0.2, 0.25) is 0 Å². The van der Waals surface area contributed by atoms with E-state index in [1.807, 2.05) is 21.7 Å². The van der Waals surface area contributed by atoms with Crippen LogP contribution in [0.1, 0.15) is 23.8 Å². The molecule has 1 fully saturated rings. The summed E-state index contributed by atoms with van der Waals surface area (Å²) in [5, 5.41) is 0. The highest BCUT2D eigenvalue weighted by atomic mass is 79.9. The molecule has 19 heavy (non-hydrogen) atoms. The van der Waals surface area contributed by atoms with Crippen molar-refractivity contribution in [2.75, 3.05) is 26.2 Å². The summed E-state index contributed by atoms with van der Waals surface area (Å²) in [7, 11) is 0. The highest BCUT2D eigenvalue weighted by Crippen LogP contribution is 2.18. The molecule has 0 saturated carbocycles. The number of aromatic nitrogens is 1. The minimum atomic E-state index is -0.0456. The van der Waals surface area contributed by atoms with Gasteiger partial charge >= 0.3 is 0 Å². The van der Waals surface area contributed by atoms with Gasteiger partial charge in [0.25, 0.3) is 5.91 Å². The fourth-order valence-electron chi connectivity index (χ4n) is 2.29. The summed E-state index contributed by atoms with van der Waals surface area (Å²) in [6.45, 7) is 5.15. The minimum absolute atomic E-state index is 0.0456. The number of aryl methyl sites for hydroxylation is 1. The van der Waals surface area contributed by atoms with Crippen molar-refractivity contribution in [3.8, 4) is 0 Å². The first kappa shape index (κ1) is 14.6. The number of hydrogen-bond donors (Lipinski definition) is 1. The summed E-state index contributed by atoms with van der Waals surface area (Å²) in [5.74, 6) is 0.0564. The average molecular weight is 330 g/mol. The second-order valence-electron chi connectivity index (χ2n) is 4.72. The largest absolute Gasteiger partial charge is 0.373 e. The lowest BCUT2D eigenvalue weighted by molar-refractivity contribution is -0.0171. The van der Waals surface area contributed by atoms with E-state index in [9.17, 15) is 4.79 Å². The Labute approximate surface area is 121 Å². The molecule has 0 radical (unpaired) electrons. The van der Waals surface area contributed by atoms with Crippen molar-refractivity contribution < 1.29 is 9.53 Å². The van der Waals surface area contributed by atoms with Crippen molar-refractivity contribution in [2.24, 2.45) is 5.73 Å². The Morgan fingerprint density at radius 3 is 3.11 bits per heavy atom. The summed E-state index contributed by atoms with van der Waals surface area (Å²) in [4.78, 5) is 14.4. The number of carbonyl (C=O) groups is 1. The zero-order valence-corrected chi connectivity index (χ0v) is 12.7. The summed E-state index contributed by atoms with van der Waals surface area (Å²) in [5.41, 5.74) is 6.34. The fourth-order valence-corrected chi connectivity index (χ4v) is 2.75. The average Bonchev–Trinajstić information content (AvgIpc) is 2.79. The van der Waals surface area contributed by atoms with Crippen LogP contribution in [0.15, 0.2) is 16.7 Å². The number of ether oxygens (including phenoxy) is 1. The number of morpholine rings is 1. The van der Waals surface area contributed by atoms with E-state index in [1.165, 1.54) is 0 Å². The minimum Gasteiger partial charge on any atom is -0.373 e. The van der Waals surface area contributed by atoms with Gasteiger partial charge in [0.1, 0.15) is 5.69 Å². The Morgan fingerprint density at radius 1 is 1.63 bits per heavy atom. The number of nitrogens with two attached hydrogens (primary N) is 1. The second kappa shape index (κ2) is 6.54. The molecule has 1 aromatic rings. The SMILES string of the molecule is CCCn1cc(Br)cc1C(=O)N1CCOC(CN)C1. The number of carbonyl (C=O) groups excluding carboxylic acids is 1. The maximum absolute atomic E-state index is 12.6. The zero-order valence-electron chi connectivity index (χ0n) is 11.1. The highest BCUT2D eigenvalue weighted by molar-refractivity contribution is 9.10. The first-order valence-corrected chi connectivity index (χ1v) is 7.41. The molecule has 1 aliphatic heterocycles. The van der Waals surface area contributed by atoms with Gasteiger partial charge in [-0.05, 0) is 28.4 Å². The van der Waals surface area contributed by atoms with Gasteiger partial charge in [-0.15, -0.1) is 0 Å². The van der Waals surface area contributed by atoms with E-state index in [-0.39, 0.29) is 12.0 Å². The predicted octanol–water partition coefficient (Wildman–Crippen LogP) is 1.46. The van der Waals surface area contributed by atoms with E-state index in [4.69, 9.17) is 10.5 Å². The maximum atomic E-state index is 12.6. The molecule has 1 atom stereocenters. The molecule has 106 valence electrons. The van der Waals surface area contributed by atoms with Gasteiger partial charge in [0.15, 0.2) is 0 Å². The van der Waals surface area contributed by atoms with Crippen LogP contribution in [0.4, 0.5) is 0 Å². The van der Waals surface area contributed by atoms with Crippen LogP contribution in [-0.2, 0) is 11.3 Å². The van der Waals surface area contributed by atoms with Crippen LogP contribution < -0.4 is 5.73 Å². The monoisotopic (exact) mass is 329 g/mol. The first-order chi connectivity index (χ1) is 9.15. The molecule has 0 bridgehead atoms. The van der Waals surface area contributed by atoms with Crippen molar-refractivity contribution in [1.82, 2.24) is 9.47 Å². The second-order valence-corrected chi connectivity index (χ2v) is 5.63.